The summed E-state index contributed by atoms with van der Waals surface area (Å²) in [6.07, 6.45) is 3.22. The third-order valence-electron chi connectivity index (χ3n) is 3.01. The Morgan fingerprint density at radius 3 is 2.41 bits per heavy atom. The number of hydrogen-bond acceptors (Lipinski definition) is 3. The van der Waals surface area contributed by atoms with Gasteiger partial charge in [-0.05, 0) is 58.5 Å². The van der Waals surface area contributed by atoms with Crippen molar-refractivity contribution >= 4 is 46.1 Å². The second kappa shape index (κ2) is 7.65. The minimum Gasteiger partial charge on any atom is -0.493 e. The van der Waals surface area contributed by atoms with Crippen LogP contribution in [-0.2, 0) is 0 Å². The van der Waals surface area contributed by atoms with Crippen LogP contribution in [-0.4, -0.2) is 20.0 Å². The summed E-state index contributed by atoms with van der Waals surface area (Å²) < 4.78 is 11.5. The second-order valence-electron chi connectivity index (χ2n) is 4.44. The van der Waals surface area contributed by atoms with Crippen molar-refractivity contribution in [2.75, 3.05) is 14.2 Å². The summed E-state index contributed by atoms with van der Waals surface area (Å²) in [7, 11) is 3.07. The van der Waals surface area contributed by atoms with Gasteiger partial charge in [-0.1, -0.05) is 29.8 Å². The van der Waals surface area contributed by atoms with Crippen molar-refractivity contribution in [3.8, 4) is 11.5 Å². The fraction of sp³-hybridized carbons (Fsp3) is 0.118. The summed E-state index contributed by atoms with van der Waals surface area (Å²) >= 11 is 8.34. The number of methoxy groups -OCH3 is 2. The van der Waals surface area contributed by atoms with E-state index in [1.165, 1.54) is 13.2 Å². The number of carbonyl (C=O) groups is 1. The molecule has 0 aromatic heterocycles. The van der Waals surface area contributed by atoms with Gasteiger partial charge in [-0.3, -0.25) is 4.79 Å². The van der Waals surface area contributed by atoms with Gasteiger partial charge in [0.2, 0.25) is 0 Å². The van der Waals surface area contributed by atoms with Crippen molar-refractivity contribution in [1.82, 2.24) is 0 Å². The molecule has 3 nitrogen and oxygen atoms in total. The highest BCUT2D eigenvalue weighted by Gasteiger charge is 2.10. The van der Waals surface area contributed by atoms with Crippen LogP contribution in [0.15, 0.2) is 42.5 Å². The molecule has 5 heteroatoms. The van der Waals surface area contributed by atoms with Crippen LogP contribution in [0.4, 0.5) is 0 Å². The van der Waals surface area contributed by atoms with Crippen LogP contribution in [0.25, 0.3) is 6.08 Å². The van der Waals surface area contributed by atoms with E-state index in [9.17, 15) is 4.79 Å². The molecule has 0 spiro atoms. The number of carbonyl (C=O) groups excluding carboxylic acids is 1. The predicted octanol–water partition coefficient (Wildman–Crippen LogP) is 4.86. The van der Waals surface area contributed by atoms with Gasteiger partial charge in [0, 0.05) is 9.13 Å². The van der Waals surface area contributed by atoms with E-state index >= 15 is 0 Å². The molecule has 0 N–H and O–H groups in total. The van der Waals surface area contributed by atoms with Gasteiger partial charge in [0.05, 0.1) is 19.2 Å². The normalized spacial score (nSPS) is 10.7. The second-order valence-corrected chi connectivity index (χ2v) is 6.10. The van der Waals surface area contributed by atoms with Crippen LogP contribution in [0, 0.1) is 3.57 Å². The summed E-state index contributed by atoms with van der Waals surface area (Å²) in [6.45, 7) is 0. The molecule has 2 aromatic rings. The lowest BCUT2D eigenvalue weighted by molar-refractivity contribution is 0.104. The van der Waals surface area contributed by atoms with E-state index in [2.05, 4.69) is 22.6 Å². The molecule has 0 saturated carbocycles. The molecule has 114 valence electrons. The first-order chi connectivity index (χ1) is 10.5. The monoisotopic (exact) mass is 428 g/mol. The molecule has 2 aromatic carbocycles. The third-order valence-corrected chi connectivity index (χ3v) is 4.01. The molecule has 0 bridgehead atoms. The van der Waals surface area contributed by atoms with Crippen molar-refractivity contribution in [3.63, 3.8) is 0 Å². The number of allylic oxidation sites excluding steroid dienone is 1. The standard InChI is InChI=1S/C17H14ClIO3/c1-21-16-10-11(9-14(18)17(16)22-2)3-8-15(20)12-4-6-13(19)7-5-12/h3-10H,1-2H3. The summed E-state index contributed by atoms with van der Waals surface area (Å²) in [4.78, 5) is 12.1. The minimum absolute atomic E-state index is 0.0673. The van der Waals surface area contributed by atoms with Crippen LogP contribution in [0.1, 0.15) is 15.9 Å². The Morgan fingerprint density at radius 2 is 1.82 bits per heavy atom. The van der Waals surface area contributed by atoms with E-state index in [0.717, 1.165) is 9.13 Å². The topological polar surface area (TPSA) is 35.5 Å². The average molecular weight is 429 g/mol. The first-order valence-electron chi connectivity index (χ1n) is 6.44. The Morgan fingerprint density at radius 1 is 1.14 bits per heavy atom. The quantitative estimate of drug-likeness (QED) is 0.388. The van der Waals surface area contributed by atoms with Gasteiger partial charge in [-0.25, -0.2) is 0 Å². The zero-order valence-corrected chi connectivity index (χ0v) is 15.0. The van der Waals surface area contributed by atoms with Crippen molar-refractivity contribution in [2.24, 2.45) is 0 Å². The van der Waals surface area contributed by atoms with Crippen molar-refractivity contribution < 1.29 is 14.3 Å². The highest BCUT2D eigenvalue weighted by Crippen LogP contribution is 2.36. The largest absolute Gasteiger partial charge is 0.493 e. The molecule has 0 fully saturated rings. The molecule has 0 atom stereocenters. The minimum atomic E-state index is -0.0673. The highest BCUT2D eigenvalue weighted by atomic mass is 127. The van der Waals surface area contributed by atoms with Crippen LogP contribution >= 0.6 is 34.2 Å². The Hall–Kier alpha value is -1.53. The van der Waals surface area contributed by atoms with E-state index in [-0.39, 0.29) is 5.78 Å². The lowest BCUT2D eigenvalue weighted by Gasteiger charge is -2.10. The number of ether oxygens (including phenoxy) is 2. The van der Waals surface area contributed by atoms with Crippen molar-refractivity contribution in [3.05, 3.63) is 62.2 Å². The zero-order valence-electron chi connectivity index (χ0n) is 12.1. The van der Waals surface area contributed by atoms with Gasteiger partial charge >= 0.3 is 0 Å². The molecule has 0 amide bonds. The Bertz CT molecular complexity index is 709. The smallest absolute Gasteiger partial charge is 0.185 e. The van der Waals surface area contributed by atoms with Crippen LogP contribution in [0.2, 0.25) is 5.02 Å². The number of rotatable bonds is 5. The molecular weight excluding hydrogens is 415 g/mol. The number of ketones is 1. The van der Waals surface area contributed by atoms with Crippen LogP contribution in [0.5, 0.6) is 11.5 Å². The molecular formula is C17H14ClIO3. The van der Waals surface area contributed by atoms with Crippen LogP contribution in [0.3, 0.4) is 0 Å². The molecule has 0 heterocycles. The fourth-order valence-corrected chi connectivity index (χ4v) is 2.57. The third kappa shape index (κ3) is 4.01. The van der Waals surface area contributed by atoms with E-state index in [0.29, 0.717) is 22.1 Å². The SMILES string of the molecule is COc1cc(C=CC(=O)c2ccc(I)cc2)cc(Cl)c1OC. The highest BCUT2D eigenvalue weighted by molar-refractivity contribution is 14.1. The fourth-order valence-electron chi connectivity index (χ4n) is 1.92. The van der Waals surface area contributed by atoms with Crippen molar-refractivity contribution in [2.45, 2.75) is 0 Å². The Kier molecular flexibility index (Phi) is 5.85. The van der Waals surface area contributed by atoms with Gasteiger partial charge < -0.3 is 9.47 Å². The number of benzene rings is 2. The zero-order chi connectivity index (χ0) is 16.1. The Balaban J connectivity index is 2.24. The summed E-state index contributed by atoms with van der Waals surface area (Å²) in [5, 5.41) is 0.434. The van der Waals surface area contributed by atoms with Gasteiger partial charge in [-0.2, -0.15) is 0 Å². The molecule has 22 heavy (non-hydrogen) atoms. The summed E-state index contributed by atoms with van der Waals surface area (Å²) in [5.74, 6) is 0.934. The van der Waals surface area contributed by atoms with Gasteiger partial charge in [0.25, 0.3) is 0 Å². The predicted molar refractivity (Wildman–Crippen MR) is 97.1 cm³/mol. The summed E-state index contributed by atoms with van der Waals surface area (Å²) in [5.41, 5.74) is 1.41. The van der Waals surface area contributed by atoms with Crippen molar-refractivity contribution in [1.29, 1.82) is 0 Å². The molecule has 0 aliphatic rings. The van der Waals surface area contributed by atoms with Gasteiger partial charge in [0.15, 0.2) is 17.3 Å². The van der Waals surface area contributed by atoms with Gasteiger partial charge in [0.1, 0.15) is 0 Å². The first-order valence-corrected chi connectivity index (χ1v) is 7.90. The van der Waals surface area contributed by atoms with Gasteiger partial charge in [-0.15, -0.1) is 0 Å². The van der Waals surface area contributed by atoms with E-state index < -0.39 is 0 Å². The molecule has 0 unspecified atom stereocenters. The average Bonchev–Trinajstić information content (AvgIpc) is 2.52. The summed E-state index contributed by atoms with van der Waals surface area (Å²) in [6, 6.07) is 10.9. The molecule has 0 aliphatic carbocycles. The lowest BCUT2D eigenvalue weighted by Crippen LogP contribution is -1.94. The molecule has 0 radical (unpaired) electrons. The number of hydrogen-bond donors (Lipinski definition) is 0. The van der Waals surface area contributed by atoms with E-state index in [4.69, 9.17) is 21.1 Å². The maximum absolute atomic E-state index is 12.1. The van der Waals surface area contributed by atoms with E-state index in [1.54, 1.807) is 37.5 Å². The molecule has 2 rings (SSSR count). The number of halogens is 2. The molecule has 0 saturated heterocycles. The van der Waals surface area contributed by atoms with E-state index in [1.807, 2.05) is 12.1 Å². The molecule has 0 aliphatic heterocycles. The van der Waals surface area contributed by atoms with Crippen LogP contribution < -0.4 is 9.47 Å². The first kappa shape index (κ1) is 16.8. The maximum atomic E-state index is 12.1. The Labute approximate surface area is 148 Å². The lowest BCUT2D eigenvalue weighted by atomic mass is 10.1. The maximum Gasteiger partial charge on any atom is 0.185 e.